The summed E-state index contributed by atoms with van der Waals surface area (Å²) in [4.78, 5) is 23.2. The van der Waals surface area contributed by atoms with Crippen LogP contribution in [0.4, 0.5) is 0 Å². The van der Waals surface area contributed by atoms with Crippen molar-refractivity contribution in [1.82, 2.24) is 0 Å². The minimum atomic E-state index is -0.499. The Morgan fingerprint density at radius 2 is 2.05 bits per heavy atom. The number of esters is 2. The van der Waals surface area contributed by atoms with Crippen LogP contribution in [0.5, 0.6) is 5.75 Å². The molecule has 0 aliphatic heterocycles. The first kappa shape index (κ1) is 16.4. The molecule has 0 atom stereocenters. The fourth-order valence-corrected chi connectivity index (χ4v) is 2.42. The maximum absolute atomic E-state index is 12.0. The third kappa shape index (κ3) is 3.24. The van der Waals surface area contributed by atoms with Crippen molar-refractivity contribution in [3.8, 4) is 5.75 Å². The Morgan fingerprint density at radius 3 is 2.68 bits per heavy atom. The zero-order valence-corrected chi connectivity index (χ0v) is 14.0. The minimum absolute atomic E-state index is 0.230. The normalized spacial score (nSPS) is 10.5. The number of benzene rings is 1. The molecule has 1 heterocycles. The molecule has 0 radical (unpaired) electrons. The molecule has 1 aromatic carbocycles. The van der Waals surface area contributed by atoms with Gasteiger partial charge in [-0.2, -0.15) is 0 Å². The molecule has 0 spiro atoms. The molecule has 0 bridgehead atoms. The van der Waals surface area contributed by atoms with Crippen molar-refractivity contribution in [1.29, 1.82) is 0 Å². The Hall–Kier alpha value is -2.02. The van der Waals surface area contributed by atoms with E-state index in [1.165, 1.54) is 7.11 Å². The van der Waals surface area contributed by atoms with Crippen LogP contribution in [0, 0.1) is 6.92 Å². The number of ether oxygens (including phenoxy) is 3. The van der Waals surface area contributed by atoms with E-state index in [1.54, 1.807) is 26.0 Å². The molecule has 0 aliphatic rings. The van der Waals surface area contributed by atoms with Gasteiger partial charge >= 0.3 is 11.9 Å². The van der Waals surface area contributed by atoms with Crippen LogP contribution >= 0.6 is 15.9 Å². The second-order valence-corrected chi connectivity index (χ2v) is 5.25. The molecule has 118 valence electrons. The summed E-state index contributed by atoms with van der Waals surface area (Å²) in [6.07, 6.45) is 0. The molecule has 0 saturated heterocycles. The number of methoxy groups -OCH3 is 1. The first-order valence-corrected chi connectivity index (χ1v) is 7.36. The summed E-state index contributed by atoms with van der Waals surface area (Å²) in [5.74, 6) is -0.0873. The Balaban J connectivity index is 2.43. The second-order valence-electron chi connectivity index (χ2n) is 4.40. The largest absolute Gasteiger partial charge is 0.481 e. The van der Waals surface area contributed by atoms with Crippen LogP contribution in [0.15, 0.2) is 21.0 Å². The summed E-state index contributed by atoms with van der Waals surface area (Å²) in [6, 6.07) is 3.31. The second kappa shape index (κ2) is 6.83. The molecular weight excluding hydrogens is 356 g/mol. The van der Waals surface area contributed by atoms with Crippen LogP contribution in [0.25, 0.3) is 11.0 Å². The Bertz CT molecular complexity index is 718. The van der Waals surface area contributed by atoms with Crippen LogP contribution in [-0.4, -0.2) is 32.3 Å². The van der Waals surface area contributed by atoms with Crippen LogP contribution in [0.2, 0.25) is 0 Å². The van der Waals surface area contributed by atoms with Crippen molar-refractivity contribution >= 4 is 38.8 Å². The smallest absolute Gasteiger partial charge is 0.343 e. The lowest BCUT2D eigenvalue weighted by molar-refractivity contribution is -0.142. The number of furan rings is 1. The molecule has 0 amide bonds. The van der Waals surface area contributed by atoms with Gasteiger partial charge in [-0.05, 0) is 41.9 Å². The van der Waals surface area contributed by atoms with E-state index in [-0.39, 0.29) is 13.2 Å². The molecule has 2 aromatic rings. The molecule has 0 aliphatic carbocycles. The highest BCUT2D eigenvalue weighted by Gasteiger charge is 2.21. The van der Waals surface area contributed by atoms with Gasteiger partial charge in [0.05, 0.1) is 18.2 Å². The zero-order chi connectivity index (χ0) is 16.3. The number of rotatable bonds is 5. The van der Waals surface area contributed by atoms with Gasteiger partial charge in [-0.1, -0.05) is 0 Å². The number of hydrogen-bond acceptors (Lipinski definition) is 6. The Morgan fingerprint density at radius 1 is 1.32 bits per heavy atom. The molecule has 0 unspecified atom stereocenters. The van der Waals surface area contributed by atoms with Crippen molar-refractivity contribution in [2.45, 2.75) is 13.8 Å². The molecule has 2 rings (SSSR count). The highest BCUT2D eigenvalue weighted by molar-refractivity contribution is 9.10. The zero-order valence-electron chi connectivity index (χ0n) is 12.4. The topological polar surface area (TPSA) is 75.0 Å². The van der Waals surface area contributed by atoms with E-state index in [9.17, 15) is 9.59 Å². The predicted molar refractivity (Wildman–Crippen MR) is 82.1 cm³/mol. The fraction of sp³-hybridized carbons (Fsp3) is 0.333. The first-order valence-electron chi connectivity index (χ1n) is 6.57. The van der Waals surface area contributed by atoms with Crippen LogP contribution in [0.1, 0.15) is 23.0 Å². The highest BCUT2D eigenvalue weighted by atomic mass is 79.9. The summed E-state index contributed by atoms with van der Waals surface area (Å²) < 4.78 is 21.1. The van der Waals surface area contributed by atoms with Crippen molar-refractivity contribution in [3.63, 3.8) is 0 Å². The van der Waals surface area contributed by atoms with Crippen molar-refractivity contribution in [3.05, 3.63) is 27.9 Å². The quantitative estimate of drug-likeness (QED) is 0.752. The number of hydrogen-bond donors (Lipinski definition) is 0. The van der Waals surface area contributed by atoms with Crippen LogP contribution < -0.4 is 4.74 Å². The fourth-order valence-electron chi connectivity index (χ4n) is 1.98. The molecule has 22 heavy (non-hydrogen) atoms. The summed E-state index contributed by atoms with van der Waals surface area (Å²) in [7, 11) is 1.28. The molecule has 6 nitrogen and oxygen atoms in total. The first-order chi connectivity index (χ1) is 10.5. The van der Waals surface area contributed by atoms with E-state index >= 15 is 0 Å². The van der Waals surface area contributed by atoms with Crippen molar-refractivity contribution < 1.29 is 28.2 Å². The third-order valence-corrected chi connectivity index (χ3v) is 3.59. The average molecular weight is 371 g/mol. The number of carbonyl (C=O) groups excluding carboxylic acids is 2. The molecule has 1 aromatic heterocycles. The highest BCUT2D eigenvalue weighted by Crippen LogP contribution is 2.35. The number of halogens is 1. The number of fused-ring (bicyclic) bond motifs is 1. The average Bonchev–Trinajstić information content (AvgIpc) is 2.79. The Kier molecular flexibility index (Phi) is 5.07. The van der Waals surface area contributed by atoms with Gasteiger partial charge in [0.25, 0.3) is 0 Å². The Labute approximate surface area is 135 Å². The van der Waals surface area contributed by atoms with E-state index < -0.39 is 11.9 Å². The van der Waals surface area contributed by atoms with E-state index in [1.807, 2.05) is 0 Å². The van der Waals surface area contributed by atoms with Gasteiger partial charge in [-0.25, -0.2) is 9.59 Å². The lowest BCUT2D eigenvalue weighted by Gasteiger charge is -2.07. The lowest BCUT2D eigenvalue weighted by atomic mass is 10.1. The predicted octanol–water partition coefficient (Wildman–Crippen LogP) is 3.23. The van der Waals surface area contributed by atoms with Gasteiger partial charge in [-0.3, -0.25) is 0 Å². The summed E-state index contributed by atoms with van der Waals surface area (Å²) in [5.41, 5.74) is 0.880. The maximum atomic E-state index is 12.0. The van der Waals surface area contributed by atoms with Crippen LogP contribution in [0.3, 0.4) is 0 Å². The van der Waals surface area contributed by atoms with Gasteiger partial charge in [-0.15, -0.1) is 0 Å². The molecule has 7 heteroatoms. The van der Waals surface area contributed by atoms with Crippen LogP contribution in [-0.2, 0) is 14.3 Å². The van der Waals surface area contributed by atoms with Gasteiger partial charge in [0.15, 0.2) is 6.61 Å². The van der Waals surface area contributed by atoms with Crippen molar-refractivity contribution in [2.75, 3.05) is 20.3 Å². The number of carbonyl (C=O) groups is 2. The molecule has 0 saturated carbocycles. The van der Waals surface area contributed by atoms with E-state index in [0.717, 1.165) is 0 Å². The molecule has 0 N–H and O–H groups in total. The third-order valence-electron chi connectivity index (χ3n) is 2.97. The van der Waals surface area contributed by atoms with E-state index in [0.29, 0.717) is 32.5 Å². The monoisotopic (exact) mass is 370 g/mol. The summed E-state index contributed by atoms with van der Waals surface area (Å²) >= 11 is 3.34. The van der Waals surface area contributed by atoms with Gasteiger partial charge in [0.2, 0.25) is 0 Å². The van der Waals surface area contributed by atoms with E-state index in [4.69, 9.17) is 13.9 Å². The lowest BCUT2D eigenvalue weighted by Crippen LogP contribution is -2.12. The summed E-state index contributed by atoms with van der Waals surface area (Å²) in [6.45, 7) is 3.46. The molecule has 0 fully saturated rings. The standard InChI is InChI=1S/C15H15BrO6/c1-4-20-15(18)14-8(2)22-11-6-10(16)12(5-9(11)14)21-7-13(17)19-3/h5-6H,4,7H2,1-3H3. The van der Waals surface area contributed by atoms with Gasteiger partial charge in [0.1, 0.15) is 22.7 Å². The van der Waals surface area contributed by atoms with Gasteiger partial charge < -0.3 is 18.6 Å². The summed E-state index contributed by atoms with van der Waals surface area (Å²) in [5, 5.41) is 0.569. The van der Waals surface area contributed by atoms with Gasteiger partial charge in [0, 0.05) is 5.39 Å². The van der Waals surface area contributed by atoms with Crippen molar-refractivity contribution in [2.24, 2.45) is 0 Å². The minimum Gasteiger partial charge on any atom is -0.481 e. The van der Waals surface area contributed by atoms with E-state index in [2.05, 4.69) is 20.7 Å². The molecular formula is C15H15BrO6. The SMILES string of the molecule is CCOC(=O)c1c(C)oc2cc(Br)c(OCC(=O)OC)cc12. The number of aryl methyl sites for hydroxylation is 1. The maximum Gasteiger partial charge on any atom is 0.343 e.